The molecule has 4 heteroatoms. The third kappa shape index (κ3) is 1.44. The van der Waals surface area contributed by atoms with Gasteiger partial charge < -0.3 is 0 Å². The predicted molar refractivity (Wildman–Crippen MR) is 49.0 cm³/mol. The van der Waals surface area contributed by atoms with E-state index in [2.05, 4.69) is 9.98 Å². The van der Waals surface area contributed by atoms with E-state index in [0.717, 1.165) is 25.9 Å². The second kappa shape index (κ2) is 3.16. The minimum atomic E-state index is 0.832. The Kier molecular flexibility index (Phi) is 2.01. The largest absolute Gasteiger partial charge is 0.268 e. The van der Waals surface area contributed by atoms with Gasteiger partial charge in [-0.25, -0.2) is 15.0 Å². The second-order valence-corrected chi connectivity index (χ2v) is 3.05. The van der Waals surface area contributed by atoms with E-state index in [1.165, 1.54) is 11.3 Å². The zero-order valence-electron chi connectivity index (χ0n) is 6.90. The fourth-order valence-corrected chi connectivity index (χ4v) is 1.49. The van der Waals surface area contributed by atoms with Crippen LogP contribution in [-0.4, -0.2) is 30.7 Å². The van der Waals surface area contributed by atoms with Crippen LogP contribution in [0.15, 0.2) is 21.3 Å². The average molecular weight is 164 g/mol. The summed E-state index contributed by atoms with van der Waals surface area (Å²) >= 11 is 0. The lowest BCUT2D eigenvalue weighted by Crippen LogP contribution is -2.37. The van der Waals surface area contributed by atoms with E-state index in [9.17, 15) is 0 Å². The molecule has 4 nitrogen and oxygen atoms in total. The number of nitrogens with two attached hydrogens (primary N) is 1. The lowest BCUT2D eigenvalue weighted by atomic mass is 10.1. The monoisotopic (exact) mass is 164 g/mol. The van der Waals surface area contributed by atoms with Gasteiger partial charge in [0.15, 0.2) is 0 Å². The number of nitrogens with zero attached hydrogens (tertiary/aromatic N) is 3. The van der Waals surface area contributed by atoms with Crippen LogP contribution in [0.25, 0.3) is 0 Å². The van der Waals surface area contributed by atoms with Crippen molar-refractivity contribution < 1.29 is 0 Å². The molecule has 0 aromatic carbocycles. The van der Waals surface area contributed by atoms with Crippen LogP contribution < -0.4 is 5.84 Å². The van der Waals surface area contributed by atoms with Crippen LogP contribution in [0, 0.1) is 0 Å². The van der Waals surface area contributed by atoms with Crippen LogP contribution in [0.1, 0.15) is 12.8 Å². The quantitative estimate of drug-likeness (QED) is 0.524. The van der Waals surface area contributed by atoms with Gasteiger partial charge in [-0.3, -0.25) is 5.84 Å². The molecule has 12 heavy (non-hydrogen) atoms. The van der Waals surface area contributed by atoms with Crippen LogP contribution in [0.2, 0.25) is 0 Å². The van der Waals surface area contributed by atoms with E-state index >= 15 is 0 Å². The van der Waals surface area contributed by atoms with Gasteiger partial charge in [0.25, 0.3) is 0 Å². The van der Waals surface area contributed by atoms with E-state index in [0.29, 0.717) is 0 Å². The molecule has 64 valence electrons. The molecule has 0 saturated carbocycles. The molecule has 2 heterocycles. The summed E-state index contributed by atoms with van der Waals surface area (Å²) in [6, 6.07) is 0. The summed E-state index contributed by atoms with van der Waals surface area (Å²) in [7, 11) is 0. The first kappa shape index (κ1) is 7.64. The standard InChI is InChI=1S/C8H12N4/c9-12-4-2-8-7(5-12)1-3-10-6-11-8/h3,6H,1-2,4-5,9H2. The van der Waals surface area contributed by atoms with E-state index in [-0.39, 0.29) is 0 Å². The van der Waals surface area contributed by atoms with Gasteiger partial charge in [-0.1, -0.05) is 0 Å². The number of rotatable bonds is 0. The maximum atomic E-state index is 5.70. The molecule has 2 N–H and O–H groups in total. The topological polar surface area (TPSA) is 54.0 Å². The fraction of sp³-hybridized carbons (Fsp3) is 0.500. The third-order valence-corrected chi connectivity index (χ3v) is 2.16. The minimum Gasteiger partial charge on any atom is -0.268 e. The first-order valence-corrected chi connectivity index (χ1v) is 4.11. The highest BCUT2D eigenvalue weighted by molar-refractivity contribution is 5.76. The van der Waals surface area contributed by atoms with Gasteiger partial charge in [0, 0.05) is 37.8 Å². The maximum absolute atomic E-state index is 5.70. The highest BCUT2D eigenvalue weighted by Gasteiger charge is 2.15. The SMILES string of the molecule is NN1CCC2=C(CC=NC=N2)C1. The first-order valence-electron chi connectivity index (χ1n) is 4.11. The Hall–Kier alpha value is -1.00. The van der Waals surface area contributed by atoms with E-state index in [4.69, 9.17) is 5.84 Å². The lowest BCUT2D eigenvalue weighted by molar-refractivity contribution is 0.294. The van der Waals surface area contributed by atoms with Crippen LogP contribution in [0.4, 0.5) is 0 Å². The maximum Gasteiger partial charge on any atom is 0.115 e. The van der Waals surface area contributed by atoms with E-state index in [1.54, 1.807) is 6.34 Å². The molecular weight excluding hydrogens is 152 g/mol. The smallest absolute Gasteiger partial charge is 0.115 e. The predicted octanol–water partition coefficient (Wildman–Crippen LogP) is 0.323. The fourth-order valence-electron chi connectivity index (χ4n) is 1.49. The molecule has 2 aliphatic rings. The normalized spacial score (nSPS) is 24.1. The van der Waals surface area contributed by atoms with Gasteiger partial charge in [-0.2, -0.15) is 0 Å². The summed E-state index contributed by atoms with van der Waals surface area (Å²) < 4.78 is 0. The zero-order chi connectivity index (χ0) is 8.39. The van der Waals surface area contributed by atoms with Gasteiger partial charge in [-0.05, 0) is 5.57 Å². The molecule has 0 unspecified atom stereocenters. The molecule has 0 fully saturated rings. The third-order valence-electron chi connectivity index (χ3n) is 2.16. The molecule has 2 aliphatic heterocycles. The number of hydrogen-bond donors (Lipinski definition) is 1. The Morgan fingerprint density at radius 2 is 2.42 bits per heavy atom. The van der Waals surface area contributed by atoms with E-state index < -0.39 is 0 Å². The van der Waals surface area contributed by atoms with Crippen molar-refractivity contribution in [1.29, 1.82) is 0 Å². The second-order valence-electron chi connectivity index (χ2n) is 3.05. The van der Waals surface area contributed by atoms with Crippen molar-refractivity contribution in [3.8, 4) is 0 Å². The summed E-state index contributed by atoms with van der Waals surface area (Å²) in [5, 5.41) is 1.83. The molecule has 0 aromatic rings. The highest BCUT2D eigenvalue weighted by atomic mass is 15.4. The number of hydrogen-bond acceptors (Lipinski definition) is 4. The number of hydrazine groups is 1. The van der Waals surface area contributed by atoms with Crippen LogP contribution in [0.3, 0.4) is 0 Å². The van der Waals surface area contributed by atoms with Gasteiger partial charge in [0.2, 0.25) is 0 Å². The lowest BCUT2D eigenvalue weighted by Gasteiger charge is -2.24. The van der Waals surface area contributed by atoms with Crippen molar-refractivity contribution in [1.82, 2.24) is 5.01 Å². The molecule has 0 amide bonds. The molecule has 0 spiro atoms. The van der Waals surface area contributed by atoms with Gasteiger partial charge >= 0.3 is 0 Å². The molecule has 0 saturated heterocycles. The van der Waals surface area contributed by atoms with Crippen molar-refractivity contribution in [2.24, 2.45) is 15.8 Å². The Morgan fingerprint density at radius 3 is 3.33 bits per heavy atom. The van der Waals surface area contributed by atoms with Gasteiger partial charge in [0.1, 0.15) is 6.34 Å². The molecule has 2 rings (SSSR count). The van der Waals surface area contributed by atoms with Gasteiger partial charge in [-0.15, -0.1) is 0 Å². The first-order chi connectivity index (χ1) is 5.86. The Morgan fingerprint density at radius 1 is 1.50 bits per heavy atom. The summed E-state index contributed by atoms with van der Waals surface area (Å²) in [6.07, 6.45) is 5.34. The molecule has 0 bridgehead atoms. The summed E-state index contributed by atoms with van der Waals surface area (Å²) in [4.78, 5) is 8.26. The van der Waals surface area contributed by atoms with Crippen LogP contribution in [0.5, 0.6) is 0 Å². The van der Waals surface area contributed by atoms with Gasteiger partial charge in [0.05, 0.1) is 0 Å². The van der Waals surface area contributed by atoms with Crippen molar-refractivity contribution in [3.05, 3.63) is 11.3 Å². The Bertz CT molecular complexity index is 264. The van der Waals surface area contributed by atoms with Crippen molar-refractivity contribution in [3.63, 3.8) is 0 Å². The summed E-state index contributed by atoms with van der Waals surface area (Å²) in [5.74, 6) is 5.70. The van der Waals surface area contributed by atoms with Crippen LogP contribution in [-0.2, 0) is 0 Å². The minimum absolute atomic E-state index is 0.832. The van der Waals surface area contributed by atoms with Crippen molar-refractivity contribution >= 4 is 12.6 Å². The van der Waals surface area contributed by atoms with E-state index in [1.807, 2.05) is 11.2 Å². The molecule has 0 radical (unpaired) electrons. The summed E-state index contributed by atoms with van der Waals surface area (Å²) in [5.41, 5.74) is 2.48. The Labute approximate surface area is 71.5 Å². The highest BCUT2D eigenvalue weighted by Crippen LogP contribution is 2.19. The van der Waals surface area contributed by atoms with Crippen molar-refractivity contribution in [2.75, 3.05) is 13.1 Å². The molecule has 0 aliphatic carbocycles. The summed E-state index contributed by atoms with van der Waals surface area (Å²) in [6.45, 7) is 1.73. The van der Waals surface area contributed by atoms with Crippen molar-refractivity contribution in [2.45, 2.75) is 12.8 Å². The molecule has 0 atom stereocenters. The Balaban J connectivity index is 2.23. The van der Waals surface area contributed by atoms with Crippen LogP contribution >= 0.6 is 0 Å². The average Bonchev–Trinajstić information content (AvgIpc) is 2.28. The zero-order valence-corrected chi connectivity index (χ0v) is 6.90. The molecular formula is C8H12N4. The molecule has 0 aromatic heterocycles. The number of aliphatic imine (C=N–C) groups is 2.